The first-order valence-electron chi connectivity index (χ1n) is 8.72. The summed E-state index contributed by atoms with van der Waals surface area (Å²) in [5, 5.41) is 25.6. The zero-order chi connectivity index (χ0) is 20.1. The average Bonchev–Trinajstić information content (AvgIpc) is 2.65. The number of phenols is 1. The minimum Gasteiger partial charge on any atom is -0.508 e. The van der Waals surface area contributed by atoms with Crippen molar-refractivity contribution < 1.29 is 29.7 Å². The monoisotopic (exact) mass is 372 g/mol. The number of aliphatic carboxylic acids is 2. The van der Waals surface area contributed by atoms with E-state index in [1.54, 1.807) is 24.3 Å². The molecule has 0 saturated carbocycles. The number of hydrogen-bond donors (Lipinski definition) is 3. The number of benzene rings is 2. The van der Waals surface area contributed by atoms with Crippen molar-refractivity contribution in [3.8, 4) is 5.75 Å². The van der Waals surface area contributed by atoms with Crippen LogP contribution in [-0.4, -0.2) is 33.0 Å². The molecule has 0 bridgehead atoms. The van der Waals surface area contributed by atoms with E-state index in [9.17, 15) is 14.4 Å². The fourth-order valence-electron chi connectivity index (χ4n) is 2.28. The van der Waals surface area contributed by atoms with E-state index in [0.717, 1.165) is 12.8 Å². The molecule has 0 atom stereocenters. The highest BCUT2D eigenvalue weighted by Crippen LogP contribution is 2.13. The number of phenolic OH excluding ortho intramolecular Hbond substituents is 1. The molecule has 6 nitrogen and oxygen atoms in total. The Morgan fingerprint density at radius 2 is 1.07 bits per heavy atom. The van der Waals surface area contributed by atoms with Gasteiger partial charge in [0, 0.05) is 24.0 Å². The fourth-order valence-corrected chi connectivity index (χ4v) is 2.28. The molecule has 0 fully saturated rings. The number of ketones is 1. The Balaban J connectivity index is 0.000000279. The van der Waals surface area contributed by atoms with E-state index in [1.165, 1.54) is 12.1 Å². The molecule has 6 heteroatoms. The highest BCUT2D eigenvalue weighted by molar-refractivity contribution is 6.08. The van der Waals surface area contributed by atoms with Gasteiger partial charge in [0.15, 0.2) is 5.78 Å². The minimum absolute atomic E-state index is 0.0319. The predicted octanol–water partition coefficient (Wildman–Crippen LogP) is 4.12. The maximum absolute atomic E-state index is 11.9. The molecule has 2 rings (SSSR count). The van der Waals surface area contributed by atoms with Crippen LogP contribution in [0.2, 0.25) is 0 Å². The van der Waals surface area contributed by atoms with Crippen molar-refractivity contribution in [3.63, 3.8) is 0 Å². The molecule has 2 aromatic rings. The van der Waals surface area contributed by atoms with Gasteiger partial charge in [-0.25, -0.2) is 0 Å². The number of hydrogen-bond acceptors (Lipinski definition) is 4. The van der Waals surface area contributed by atoms with Crippen LogP contribution < -0.4 is 0 Å². The number of carbonyl (C=O) groups is 3. The standard InChI is InChI=1S/C13H10O2.C8H14O4/c14-12-8-6-11(7-9-12)13(15)10-4-2-1-3-5-10;9-7(10)5-3-1-2-4-6-8(11)12/h1-9,14H;1-6H2,(H,9,10)(H,11,12). The van der Waals surface area contributed by atoms with Crippen molar-refractivity contribution in [2.45, 2.75) is 38.5 Å². The topological polar surface area (TPSA) is 112 Å². The Kier molecular flexibility index (Phi) is 9.93. The molecular weight excluding hydrogens is 348 g/mol. The highest BCUT2D eigenvalue weighted by Gasteiger charge is 2.07. The summed E-state index contributed by atoms with van der Waals surface area (Å²) < 4.78 is 0. The summed E-state index contributed by atoms with van der Waals surface area (Å²) in [6, 6.07) is 15.3. The minimum atomic E-state index is -0.784. The summed E-state index contributed by atoms with van der Waals surface area (Å²) >= 11 is 0. The molecule has 0 aliphatic rings. The molecule has 0 saturated heterocycles. The van der Waals surface area contributed by atoms with Crippen LogP contribution in [0.1, 0.15) is 54.4 Å². The second-order valence-electron chi connectivity index (χ2n) is 5.94. The van der Waals surface area contributed by atoms with Crippen LogP contribution >= 0.6 is 0 Å². The lowest BCUT2D eigenvalue weighted by Crippen LogP contribution is -1.99. The summed E-state index contributed by atoms with van der Waals surface area (Å²) in [7, 11) is 0. The zero-order valence-electron chi connectivity index (χ0n) is 15.0. The van der Waals surface area contributed by atoms with Gasteiger partial charge in [0.05, 0.1) is 0 Å². The molecule has 27 heavy (non-hydrogen) atoms. The molecule has 0 unspecified atom stereocenters. The van der Waals surface area contributed by atoms with Gasteiger partial charge in [-0.2, -0.15) is 0 Å². The number of carboxylic acids is 2. The van der Waals surface area contributed by atoms with Crippen LogP contribution in [0.15, 0.2) is 54.6 Å². The maximum atomic E-state index is 11.9. The quantitative estimate of drug-likeness (QED) is 0.451. The lowest BCUT2D eigenvalue weighted by molar-refractivity contribution is -0.138. The summed E-state index contributed by atoms with van der Waals surface area (Å²) in [6.07, 6.45) is 3.28. The Hall–Kier alpha value is -3.15. The SMILES string of the molecule is O=C(O)CCCCCCC(=O)O.O=C(c1ccccc1)c1ccc(O)cc1. The van der Waals surface area contributed by atoms with E-state index in [-0.39, 0.29) is 24.4 Å². The van der Waals surface area contributed by atoms with Crippen LogP contribution in [0.3, 0.4) is 0 Å². The smallest absolute Gasteiger partial charge is 0.303 e. The lowest BCUT2D eigenvalue weighted by atomic mass is 10.0. The second-order valence-corrected chi connectivity index (χ2v) is 5.94. The van der Waals surface area contributed by atoms with Crippen molar-refractivity contribution in [3.05, 3.63) is 65.7 Å². The third-order valence-electron chi connectivity index (χ3n) is 3.70. The van der Waals surface area contributed by atoms with E-state index in [0.29, 0.717) is 24.0 Å². The second kappa shape index (κ2) is 12.2. The molecule has 3 N–H and O–H groups in total. The maximum Gasteiger partial charge on any atom is 0.303 e. The van der Waals surface area contributed by atoms with Crippen molar-refractivity contribution >= 4 is 17.7 Å². The van der Waals surface area contributed by atoms with Crippen molar-refractivity contribution in [2.24, 2.45) is 0 Å². The number of aromatic hydroxyl groups is 1. The van der Waals surface area contributed by atoms with Crippen LogP contribution in [0, 0.1) is 0 Å². The molecule has 0 heterocycles. The van der Waals surface area contributed by atoms with Gasteiger partial charge in [-0.15, -0.1) is 0 Å². The number of carboxylic acid groups (broad SMARTS) is 2. The van der Waals surface area contributed by atoms with Gasteiger partial charge in [0.2, 0.25) is 0 Å². The summed E-state index contributed by atoms with van der Waals surface area (Å²) in [5.41, 5.74) is 1.24. The van der Waals surface area contributed by atoms with E-state index in [1.807, 2.05) is 18.2 Å². The zero-order valence-corrected chi connectivity index (χ0v) is 15.0. The van der Waals surface area contributed by atoms with Crippen molar-refractivity contribution in [2.75, 3.05) is 0 Å². The molecule has 2 aromatic carbocycles. The molecule has 0 radical (unpaired) electrons. The molecule has 0 aromatic heterocycles. The Morgan fingerprint density at radius 3 is 1.52 bits per heavy atom. The third kappa shape index (κ3) is 9.79. The van der Waals surface area contributed by atoms with Gasteiger partial charge in [-0.05, 0) is 37.1 Å². The van der Waals surface area contributed by atoms with Crippen LogP contribution in [0.4, 0.5) is 0 Å². The molecule has 0 spiro atoms. The van der Waals surface area contributed by atoms with E-state index >= 15 is 0 Å². The molecule has 0 aliphatic carbocycles. The summed E-state index contributed by atoms with van der Waals surface area (Å²) in [6.45, 7) is 0. The predicted molar refractivity (Wildman–Crippen MR) is 101 cm³/mol. The van der Waals surface area contributed by atoms with E-state index < -0.39 is 11.9 Å². The van der Waals surface area contributed by atoms with Gasteiger partial charge in [0.1, 0.15) is 5.75 Å². The van der Waals surface area contributed by atoms with Crippen molar-refractivity contribution in [1.82, 2.24) is 0 Å². The average molecular weight is 372 g/mol. The number of carbonyl (C=O) groups excluding carboxylic acids is 1. The Bertz CT molecular complexity index is 704. The first-order valence-corrected chi connectivity index (χ1v) is 8.72. The summed E-state index contributed by atoms with van der Waals surface area (Å²) in [5.74, 6) is -1.43. The molecular formula is C21H24O6. The van der Waals surface area contributed by atoms with Crippen LogP contribution in [0.25, 0.3) is 0 Å². The Morgan fingerprint density at radius 1 is 0.630 bits per heavy atom. The highest BCUT2D eigenvalue weighted by atomic mass is 16.4. The van der Waals surface area contributed by atoms with Gasteiger partial charge >= 0.3 is 11.9 Å². The van der Waals surface area contributed by atoms with E-state index in [4.69, 9.17) is 15.3 Å². The van der Waals surface area contributed by atoms with Gasteiger partial charge in [-0.3, -0.25) is 14.4 Å². The van der Waals surface area contributed by atoms with Gasteiger partial charge in [0.25, 0.3) is 0 Å². The van der Waals surface area contributed by atoms with Gasteiger partial charge in [-0.1, -0.05) is 43.2 Å². The largest absolute Gasteiger partial charge is 0.508 e. The Labute approximate surface area is 158 Å². The number of rotatable bonds is 9. The van der Waals surface area contributed by atoms with Crippen LogP contribution in [-0.2, 0) is 9.59 Å². The summed E-state index contributed by atoms with van der Waals surface area (Å²) in [4.78, 5) is 32.0. The van der Waals surface area contributed by atoms with E-state index in [2.05, 4.69) is 0 Å². The molecule has 144 valence electrons. The third-order valence-corrected chi connectivity index (χ3v) is 3.70. The normalized spacial score (nSPS) is 9.78. The van der Waals surface area contributed by atoms with Crippen molar-refractivity contribution in [1.29, 1.82) is 0 Å². The fraction of sp³-hybridized carbons (Fsp3) is 0.286. The molecule has 0 amide bonds. The number of unbranched alkanes of at least 4 members (excludes halogenated alkanes) is 3. The van der Waals surface area contributed by atoms with Gasteiger partial charge < -0.3 is 15.3 Å². The van der Waals surface area contributed by atoms with Crippen LogP contribution in [0.5, 0.6) is 5.75 Å². The molecule has 0 aliphatic heterocycles. The first-order chi connectivity index (χ1) is 12.9. The first kappa shape index (κ1) is 21.9. The lowest BCUT2D eigenvalue weighted by Gasteiger charge is -2.00.